The second kappa shape index (κ2) is 10.2. The molecular formula is C20H24N2O3. The van der Waals surface area contributed by atoms with Crippen LogP contribution in [0.4, 0.5) is 4.79 Å². The Morgan fingerprint density at radius 2 is 1.64 bits per heavy atom. The lowest BCUT2D eigenvalue weighted by Gasteiger charge is -2.18. The summed E-state index contributed by atoms with van der Waals surface area (Å²) in [5.41, 5.74) is 1.51. The zero-order valence-electron chi connectivity index (χ0n) is 14.3. The summed E-state index contributed by atoms with van der Waals surface area (Å²) < 4.78 is 0. The predicted molar refractivity (Wildman–Crippen MR) is 96.5 cm³/mol. The summed E-state index contributed by atoms with van der Waals surface area (Å²) in [6.07, 6.45) is 4.74. The number of rotatable bonds is 10. The number of hydrogen-bond acceptors (Lipinski definition) is 3. The van der Waals surface area contributed by atoms with Gasteiger partial charge in [-0.25, -0.2) is 4.79 Å². The van der Waals surface area contributed by atoms with Gasteiger partial charge in [0.1, 0.15) is 0 Å². The van der Waals surface area contributed by atoms with Crippen LogP contribution in [0.1, 0.15) is 48.2 Å². The molecule has 0 bridgehead atoms. The summed E-state index contributed by atoms with van der Waals surface area (Å²) in [7, 11) is 0. The standard InChI is InChI=1S/C20H24N2O3/c23-19(17-10-4-3-5-11-17)13-6-1-2-9-15-22(20(24)25)16-18-12-7-8-14-21-18/h3-5,7-8,10-12,14H,1-2,6,9,13,15-16H2,(H,24,25). The van der Waals surface area contributed by atoms with Crippen LogP contribution in [0.25, 0.3) is 0 Å². The van der Waals surface area contributed by atoms with Crippen molar-refractivity contribution in [2.24, 2.45) is 0 Å². The summed E-state index contributed by atoms with van der Waals surface area (Å²) >= 11 is 0. The van der Waals surface area contributed by atoms with E-state index in [1.807, 2.05) is 48.5 Å². The van der Waals surface area contributed by atoms with E-state index in [1.165, 1.54) is 4.90 Å². The average molecular weight is 340 g/mol. The van der Waals surface area contributed by atoms with Crippen molar-refractivity contribution in [1.29, 1.82) is 0 Å². The van der Waals surface area contributed by atoms with Gasteiger partial charge in [-0.1, -0.05) is 49.2 Å². The number of Topliss-reactive ketones (excluding diaryl/α,β-unsaturated/α-hetero) is 1. The van der Waals surface area contributed by atoms with Crippen molar-refractivity contribution in [1.82, 2.24) is 9.88 Å². The lowest BCUT2D eigenvalue weighted by atomic mass is 10.0. The number of pyridine rings is 1. The third-order valence-electron chi connectivity index (χ3n) is 4.03. The van der Waals surface area contributed by atoms with E-state index in [2.05, 4.69) is 4.98 Å². The molecule has 132 valence electrons. The molecule has 1 N–H and O–H groups in total. The lowest BCUT2D eigenvalue weighted by molar-refractivity contribution is 0.0979. The third-order valence-corrected chi connectivity index (χ3v) is 4.03. The molecule has 0 aliphatic carbocycles. The molecular weight excluding hydrogens is 316 g/mol. The smallest absolute Gasteiger partial charge is 0.407 e. The molecule has 0 unspecified atom stereocenters. The maximum Gasteiger partial charge on any atom is 0.407 e. The Balaban J connectivity index is 1.63. The number of benzene rings is 1. The van der Waals surface area contributed by atoms with Gasteiger partial charge in [-0.3, -0.25) is 9.78 Å². The van der Waals surface area contributed by atoms with Crippen molar-refractivity contribution >= 4 is 11.9 Å². The Labute approximate surface area is 148 Å². The molecule has 2 rings (SSSR count). The molecule has 5 heteroatoms. The molecule has 25 heavy (non-hydrogen) atoms. The first-order chi connectivity index (χ1) is 12.2. The van der Waals surface area contributed by atoms with E-state index in [-0.39, 0.29) is 5.78 Å². The molecule has 2 aromatic rings. The fourth-order valence-corrected chi connectivity index (χ4v) is 2.64. The Bertz CT molecular complexity index is 659. The van der Waals surface area contributed by atoms with E-state index >= 15 is 0 Å². The number of amides is 1. The molecule has 0 spiro atoms. The Kier molecular flexibility index (Phi) is 7.63. The zero-order valence-corrected chi connectivity index (χ0v) is 14.3. The van der Waals surface area contributed by atoms with Gasteiger partial charge < -0.3 is 10.0 Å². The van der Waals surface area contributed by atoms with E-state index in [0.717, 1.165) is 36.9 Å². The summed E-state index contributed by atoms with van der Waals surface area (Å²) in [6.45, 7) is 0.793. The van der Waals surface area contributed by atoms with Crippen LogP contribution in [0.3, 0.4) is 0 Å². The molecule has 1 aromatic carbocycles. The fourth-order valence-electron chi connectivity index (χ4n) is 2.64. The van der Waals surface area contributed by atoms with Gasteiger partial charge in [-0.15, -0.1) is 0 Å². The van der Waals surface area contributed by atoms with Crippen LogP contribution in [0.15, 0.2) is 54.7 Å². The molecule has 0 saturated heterocycles. The highest BCUT2D eigenvalue weighted by Crippen LogP contribution is 2.10. The number of carbonyl (C=O) groups excluding carboxylic acids is 1. The summed E-state index contributed by atoms with van der Waals surface area (Å²) in [5, 5.41) is 9.29. The van der Waals surface area contributed by atoms with E-state index < -0.39 is 6.09 Å². The molecule has 0 atom stereocenters. The van der Waals surface area contributed by atoms with Gasteiger partial charge in [0.2, 0.25) is 0 Å². The Hall–Kier alpha value is -2.69. The van der Waals surface area contributed by atoms with Crippen molar-refractivity contribution in [3.8, 4) is 0 Å². The molecule has 0 fully saturated rings. The van der Waals surface area contributed by atoms with Crippen molar-refractivity contribution in [3.05, 3.63) is 66.0 Å². The lowest BCUT2D eigenvalue weighted by Crippen LogP contribution is -2.30. The summed E-state index contributed by atoms with van der Waals surface area (Å²) in [6, 6.07) is 14.8. The molecule has 1 heterocycles. The number of hydrogen-bond donors (Lipinski definition) is 1. The van der Waals surface area contributed by atoms with Gasteiger partial charge in [-0.2, -0.15) is 0 Å². The van der Waals surface area contributed by atoms with Crippen LogP contribution in [0, 0.1) is 0 Å². The fraction of sp³-hybridized carbons (Fsp3) is 0.350. The van der Waals surface area contributed by atoms with Crippen LogP contribution in [-0.2, 0) is 6.54 Å². The summed E-state index contributed by atoms with van der Waals surface area (Å²) in [5.74, 6) is 0.169. The first kappa shape index (κ1) is 18.6. The van der Waals surface area contributed by atoms with E-state index in [1.54, 1.807) is 6.20 Å². The second-order valence-corrected chi connectivity index (χ2v) is 5.98. The van der Waals surface area contributed by atoms with E-state index in [9.17, 15) is 14.7 Å². The molecule has 0 aliphatic heterocycles. The maximum absolute atomic E-state index is 12.0. The van der Waals surface area contributed by atoms with Gasteiger partial charge in [0.05, 0.1) is 12.2 Å². The number of nitrogens with zero attached hydrogens (tertiary/aromatic N) is 2. The average Bonchev–Trinajstić information content (AvgIpc) is 2.64. The normalized spacial score (nSPS) is 10.4. The van der Waals surface area contributed by atoms with Gasteiger partial charge in [0.15, 0.2) is 5.78 Å². The highest BCUT2D eigenvalue weighted by molar-refractivity contribution is 5.95. The van der Waals surface area contributed by atoms with Crippen molar-refractivity contribution in [3.63, 3.8) is 0 Å². The van der Waals surface area contributed by atoms with Gasteiger partial charge in [0.25, 0.3) is 0 Å². The molecule has 5 nitrogen and oxygen atoms in total. The maximum atomic E-state index is 12.0. The van der Waals surface area contributed by atoms with Crippen molar-refractivity contribution in [2.45, 2.75) is 38.6 Å². The van der Waals surface area contributed by atoms with Crippen LogP contribution in [0.2, 0.25) is 0 Å². The molecule has 1 aromatic heterocycles. The van der Waals surface area contributed by atoms with Crippen LogP contribution in [-0.4, -0.2) is 33.4 Å². The minimum atomic E-state index is -0.926. The molecule has 0 radical (unpaired) electrons. The molecule has 0 saturated carbocycles. The summed E-state index contributed by atoms with van der Waals surface area (Å²) in [4.78, 5) is 28.9. The number of ketones is 1. The topological polar surface area (TPSA) is 70.5 Å². The molecule has 0 aliphatic rings. The van der Waals surface area contributed by atoms with Crippen LogP contribution < -0.4 is 0 Å². The molecule has 1 amide bonds. The monoisotopic (exact) mass is 340 g/mol. The van der Waals surface area contributed by atoms with E-state index in [0.29, 0.717) is 19.5 Å². The van der Waals surface area contributed by atoms with Crippen molar-refractivity contribution in [2.75, 3.05) is 6.54 Å². The first-order valence-corrected chi connectivity index (χ1v) is 8.63. The minimum absolute atomic E-state index is 0.169. The van der Waals surface area contributed by atoms with Crippen molar-refractivity contribution < 1.29 is 14.7 Å². The van der Waals surface area contributed by atoms with Crippen LogP contribution in [0.5, 0.6) is 0 Å². The largest absolute Gasteiger partial charge is 0.465 e. The van der Waals surface area contributed by atoms with Gasteiger partial charge >= 0.3 is 6.09 Å². The van der Waals surface area contributed by atoms with Crippen LogP contribution >= 0.6 is 0 Å². The number of carboxylic acid groups (broad SMARTS) is 1. The first-order valence-electron chi connectivity index (χ1n) is 8.63. The number of aromatic nitrogens is 1. The third kappa shape index (κ3) is 6.75. The van der Waals surface area contributed by atoms with E-state index in [4.69, 9.17) is 0 Å². The van der Waals surface area contributed by atoms with Gasteiger partial charge in [-0.05, 0) is 25.0 Å². The quantitative estimate of drug-likeness (QED) is 0.514. The second-order valence-electron chi connectivity index (χ2n) is 5.98. The number of carbonyl (C=O) groups is 2. The minimum Gasteiger partial charge on any atom is -0.465 e. The number of unbranched alkanes of at least 4 members (excludes halogenated alkanes) is 3. The Morgan fingerprint density at radius 1 is 0.920 bits per heavy atom. The highest BCUT2D eigenvalue weighted by Gasteiger charge is 2.12. The highest BCUT2D eigenvalue weighted by atomic mass is 16.4. The predicted octanol–water partition coefficient (Wildman–Crippen LogP) is 4.40. The zero-order chi connectivity index (χ0) is 17.9. The Morgan fingerprint density at radius 3 is 2.32 bits per heavy atom. The van der Waals surface area contributed by atoms with Gasteiger partial charge in [0, 0.05) is 24.7 Å². The SMILES string of the molecule is O=C(CCCCCCN(Cc1ccccn1)C(=O)O)c1ccccc1.